The highest BCUT2D eigenvalue weighted by Gasteiger charge is 2.18. The van der Waals surface area contributed by atoms with Crippen LogP contribution in [0.1, 0.15) is 19.3 Å². The van der Waals surface area contributed by atoms with E-state index in [9.17, 15) is 0 Å². The van der Waals surface area contributed by atoms with Gasteiger partial charge < -0.3 is 4.90 Å². The standard InChI is InChI=1S/C7H13NS2/c1-8(7(9)10)5-6-3-2-4-6/h6H,2-5H2,1H3,(H,9,10). The van der Waals surface area contributed by atoms with Crippen molar-refractivity contribution in [1.29, 1.82) is 0 Å². The lowest BCUT2D eigenvalue weighted by atomic mass is 9.85. The first-order chi connectivity index (χ1) is 4.70. The van der Waals surface area contributed by atoms with Crippen LogP contribution in [0.25, 0.3) is 0 Å². The van der Waals surface area contributed by atoms with Crippen molar-refractivity contribution in [2.75, 3.05) is 13.6 Å². The first-order valence-electron chi connectivity index (χ1n) is 3.64. The van der Waals surface area contributed by atoms with Crippen molar-refractivity contribution >= 4 is 29.2 Å². The SMILES string of the molecule is CN(CC1CCC1)C(=S)S. The Hall–Kier alpha value is 0.240. The minimum absolute atomic E-state index is 0.715. The number of hydrogen-bond acceptors (Lipinski definition) is 1. The molecule has 1 fully saturated rings. The largest absolute Gasteiger partial charge is 0.361 e. The van der Waals surface area contributed by atoms with E-state index in [0.29, 0.717) is 4.32 Å². The van der Waals surface area contributed by atoms with Crippen LogP contribution in [0, 0.1) is 5.92 Å². The number of nitrogens with zero attached hydrogens (tertiary/aromatic N) is 1. The van der Waals surface area contributed by atoms with Crippen molar-refractivity contribution in [1.82, 2.24) is 4.90 Å². The maximum atomic E-state index is 4.90. The highest BCUT2D eigenvalue weighted by molar-refractivity contribution is 8.10. The molecule has 0 unspecified atom stereocenters. The van der Waals surface area contributed by atoms with Crippen molar-refractivity contribution in [3.63, 3.8) is 0 Å². The van der Waals surface area contributed by atoms with Gasteiger partial charge in [0.1, 0.15) is 4.32 Å². The van der Waals surface area contributed by atoms with Gasteiger partial charge in [0.05, 0.1) is 0 Å². The number of hydrogen-bond donors (Lipinski definition) is 1. The van der Waals surface area contributed by atoms with Crippen LogP contribution in [-0.4, -0.2) is 22.8 Å². The van der Waals surface area contributed by atoms with Gasteiger partial charge in [-0.25, -0.2) is 0 Å². The van der Waals surface area contributed by atoms with Gasteiger partial charge in [0.2, 0.25) is 0 Å². The lowest BCUT2D eigenvalue weighted by Crippen LogP contribution is -2.30. The quantitative estimate of drug-likeness (QED) is 0.504. The van der Waals surface area contributed by atoms with Crippen molar-refractivity contribution in [2.45, 2.75) is 19.3 Å². The van der Waals surface area contributed by atoms with E-state index in [2.05, 4.69) is 12.6 Å². The van der Waals surface area contributed by atoms with Crippen LogP contribution in [0.2, 0.25) is 0 Å². The van der Waals surface area contributed by atoms with Gasteiger partial charge in [-0.3, -0.25) is 0 Å². The first-order valence-corrected chi connectivity index (χ1v) is 4.49. The molecule has 0 atom stereocenters. The van der Waals surface area contributed by atoms with Gasteiger partial charge in [0, 0.05) is 13.6 Å². The molecule has 0 spiro atoms. The molecule has 0 N–H and O–H groups in total. The van der Waals surface area contributed by atoms with E-state index < -0.39 is 0 Å². The third kappa shape index (κ3) is 2.13. The Morgan fingerprint density at radius 1 is 1.70 bits per heavy atom. The third-order valence-electron chi connectivity index (χ3n) is 2.08. The van der Waals surface area contributed by atoms with Gasteiger partial charge in [0.15, 0.2) is 0 Å². The number of thiocarbonyl (C=S) groups is 1. The zero-order valence-corrected chi connectivity index (χ0v) is 7.92. The van der Waals surface area contributed by atoms with E-state index in [1.807, 2.05) is 11.9 Å². The molecule has 1 aliphatic rings. The number of rotatable bonds is 2. The first kappa shape index (κ1) is 8.34. The molecular weight excluding hydrogens is 162 g/mol. The summed E-state index contributed by atoms with van der Waals surface area (Å²) in [4.78, 5) is 2.04. The molecule has 0 saturated heterocycles. The Balaban J connectivity index is 2.16. The molecule has 58 valence electrons. The smallest absolute Gasteiger partial charge is 0.133 e. The van der Waals surface area contributed by atoms with Gasteiger partial charge in [-0.05, 0) is 18.8 Å². The van der Waals surface area contributed by atoms with Gasteiger partial charge in [-0.1, -0.05) is 18.6 Å². The Labute approximate surface area is 73.2 Å². The average Bonchev–Trinajstić information content (AvgIpc) is 1.77. The maximum Gasteiger partial charge on any atom is 0.133 e. The summed E-state index contributed by atoms with van der Waals surface area (Å²) >= 11 is 8.99. The summed E-state index contributed by atoms with van der Waals surface area (Å²) in [6, 6.07) is 0. The highest BCUT2D eigenvalue weighted by Crippen LogP contribution is 2.26. The molecule has 0 aromatic carbocycles. The zero-order valence-electron chi connectivity index (χ0n) is 6.21. The van der Waals surface area contributed by atoms with Crippen LogP contribution in [0.5, 0.6) is 0 Å². The van der Waals surface area contributed by atoms with Gasteiger partial charge in [0.25, 0.3) is 0 Å². The lowest BCUT2D eigenvalue weighted by molar-refractivity contribution is 0.262. The van der Waals surface area contributed by atoms with Gasteiger partial charge in [-0.15, -0.1) is 12.6 Å². The van der Waals surface area contributed by atoms with E-state index >= 15 is 0 Å². The molecule has 0 bridgehead atoms. The second kappa shape index (κ2) is 3.58. The summed E-state index contributed by atoms with van der Waals surface area (Å²) in [5.41, 5.74) is 0. The summed E-state index contributed by atoms with van der Waals surface area (Å²) in [6.45, 7) is 1.10. The monoisotopic (exact) mass is 175 g/mol. The third-order valence-corrected chi connectivity index (χ3v) is 2.74. The molecule has 1 rings (SSSR count). The van der Waals surface area contributed by atoms with Gasteiger partial charge >= 0.3 is 0 Å². The molecular formula is C7H13NS2. The summed E-state index contributed by atoms with van der Waals surface area (Å²) < 4.78 is 0.715. The number of thiol groups is 1. The predicted octanol–water partition coefficient (Wildman–Crippen LogP) is 1.93. The van der Waals surface area contributed by atoms with E-state index in [1.54, 1.807) is 0 Å². The van der Waals surface area contributed by atoms with Crippen LogP contribution >= 0.6 is 24.8 Å². The van der Waals surface area contributed by atoms with Crippen LogP contribution < -0.4 is 0 Å². The van der Waals surface area contributed by atoms with E-state index in [-0.39, 0.29) is 0 Å². The second-order valence-corrected chi connectivity index (χ2v) is 4.07. The fourth-order valence-corrected chi connectivity index (χ4v) is 1.30. The molecule has 1 saturated carbocycles. The Kier molecular flexibility index (Phi) is 2.98. The molecule has 3 heteroatoms. The maximum absolute atomic E-state index is 4.90. The molecule has 0 amide bonds. The minimum Gasteiger partial charge on any atom is -0.361 e. The Bertz CT molecular complexity index is 132. The van der Waals surface area contributed by atoms with Crippen LogP contribution in [0.3, 0.4) is 0 Å². The van der Waals surface area contributed by atoms with E-state index in [0.717, 1.165) is 12.5 Å². The molecule has 0 heterocycles. The van der Waals surface area contributed by atoms with Gasteiger partial charge in [-0.2, -0.15) is 0 Å². The average molecular weight is 175 g/mol. The molecule has 0 radical (unpaired) electrons. The summed E-state index contributed by atoms with van der Waals surface area (Å²) in [5, 5.41) is 0. The molecule has 1 aliphatic carbocycles. The predicted molar refractivity (Wildman–Crippen MR) is 51.6 cm³/mol. The Morgan fingerprint density at radius 2 is 2.30 bits per heavy atom. The minimum atomic E-state index is 0.715. The van der Waals surface area contributed by atoms with E-state index in [4.69, 9.17) is 12.2 Å². The lowest BCUT2D eigenvalue weighted by Gasteiger charge is -2.30. The summed E-state index contributed by atoms with van der Waals surface area (Å²) in [7, 11) is 2.01. The second-order valence-electron chi connectivity index (χ2n) is 2.96. The fraction of sp³-hybridized carbons (Fsp3) is 0.857. The Morgan fingerprint density at radius 3 is 2.60 bits per heavy atom. The van der Waals surface area contributed by atoms with Crippen molar-refractivity contribution in [3.8, 4) is 0 Å². The van der Waals surface area contributed by atoms with Crippen molar-refractivity contribution < 1.29 is 0 Å². The molecule has 0 aromatic rings. The van der Waals surface area contributed by atoms with Crippen LogP contribution in [-0.2, 0) is 0 Å². The molecule has 0 aromatic heterocycles. The van der Waals surface area contributed by atoms with Crippen molar-refractivity contribution in [3.05, 3.63) is 0 Å². The van der Waals surface area contributed by atoms with Crippen LogP contribution in [0.4, 0.5) is 0 Å². The van der Waals surface area contributed by atoms with E-state index in [1.165, 1.54) is 19.3 Å². The topological polar surface area (TPSA) is 3.24 Å². The summed E-state index contributed by atoms with van der Waals surface area (Å²) in [6.07, 6.45) is 4.15. The zero-order chi connectivity index (χ0) is 7.56. The molecule has 0 aliphatic heterocycles. The van der Waals surface area contributed by atoms with Crippen LogP contribution in [0.15, 0.2) is 0 Å². The summed E-state index contributed by atoms with van der Waals surface area (Å²) in [5.74, 6) is 0.884. The van der Waals surface area contributed by atoms with Crippen molar-refractivity contribution in [2.24, 2.45) is 5.92 Å². The normalized spacial score (nSPS) is 18.2. The highest BCUT2D eigenvalue weighted by atomic mass is 32.1. The fourth-order valence-electron chi connectivity index (χ4n) is 1.14. The molecule has 1 nitrogen and oxygen atoms in total. The molecule has 10 heavy (non-hydrogen) atoms.